The Labute approximate surface area is 210 Å². The Morgan fingerprint density at radius 3 is 1.10 bits per heavy atom. The van der Waals surface area contributed by atoms with Crippen molar-refractivity contribution in [2.24, 2.45) is 9.98 Å². The second-order valence-corrected chi connectivity index (χ2v) is 7.02. The summed E-state index contributed by atoms with van der Waals surface area (Å²) in [6.45, 7) is 0. The highest BCUT2D eigenvalue weighted by atomic mass is 19.2. The lowest BCUT2D eigenvalue weighted by molar-refractivity contribution is 0.381. The van der Waals surface area contributed by atoms with Crippen molar-refractivity contribution in [3.63, 3.8) is 0 Å². The molecule has 0 bridgehead atoms. The van der Waals surface area contributed by atoms with Gasteiger partial charge in [0.25, 0.3) is 0 Å². The van der Waals surface area contributed by atoms with E-state index in [0.29, 0.717) is 12.4 Å². The number of allylic oxidation sites excluding steroid dienone is 2. The molecule has 3 rings (SSSR count). The van der Waals surface area contributed by atoms with Crippen LogP contribution < -0.4 is 0 Å². The average molecular weight is 556 g/mol. The largest absolute Gasteiger partial charge is 0.457 e. The van der Waals surface area contributed by atoms with Gasteiger partial charge >= 0.3 is 0 Å². The van der Waals surface area contributed by atoms with Crippen molar-refractivity contribution in [2.45, 2.75) is 0 Å². The molecule has 0 amide bonds. The molecule has 0 saturated carbocycles. The summed E-state index contributed by atoms with van der Waals surface area (Å²) in [7, 11) is 0. The molecule has 1 aromatic heterocycles. The Morgan fingerprint density at radius 1 is 0.538 bits per heavy atom. The molecule has 0 aliphatic rings. The summed E-state index contributed by atoms with van der Waals surface area (Å²) in [5.41, 5.74) is -4.08. The van der Waals surface area contributed by atoms with Crippen molar-refractivity contribution in [2.75, 3.05) is 0 Å². The van der Waals surface area contributed by atoms with Gasteiger partial charge in [-0.3, -0.25) is 0 Å². The van der Waals surface area contributed by atoms with Crippen molar-refractivity contribution in [1.82, 2.24) is 0 Å². The zero-order valence-electron chi connectivity index (χ0n) is 18.4. The van der Waals surface area contributed by atoms with Gasteiger partial charge in [0.2, 0.25) is 11.6 Å². The van der Waals surface area contributed by atoms with Gasteiger partial charge in [0.1, 0.15) is 35.0 Å². The number of nitriles is 2. The van der Waals surface area contributed by atoms with E-state index in [9.17, 15) is 43.9 Å². The van der Waals surface area contributed by atoms with E-state index in [1.807, 2.05) is 0 Å². The highest BCUT2D eigenvalue weighted by Crippen LogP contribution is 2.30. The molecule has 5 nitrogen and oxygen atoms in total. The van der Waals surface area contributed by atoms with E-state index in [4.69, 9.17) is 14.9 Å². The summed E-state index contributed by atoms with van der Waals surface area (Å²) >= 11 is 0. The first-order chi connectivity index (χ1) is 18.4. The number of nitrogens with zero attached hydrogens (tertiary/aromatic N) is 4. The van der Waals surface area contributed by atoms with E-state index in [1.165, 1.54) is 24.3 Å². The Hall–Kier alpha value is -5.18. The summed E-state index contributed by atoms with van der Waals surface area (Å²) in [6, 6.07) is 5.41. The Kier molecular flexibility index (Phi) is 8.35. The van der Waals surface area contributed by atoms with E-state index < -0.39 is 80.7 Å². The first-order valence-electron chi connectivity index (χ1n) is 9.85. The number of rotatable bonds is 6. The first kappa shape index (κ1) is 28.4. The maximum absolute atomic E-state index is 13.7. The van der Waals surface area contributed by atoms with E-state index in [0.717, 1.165) is 12.2 Å². The third kappa shape index (κ3) is 5.72. The molecule has 0 saturated heterocycles. The minimum atomic E-state index is -2.40. The Balaban J connectivity index is 1.89. The highest BCUT2D eigenvalue weighted by Gasteiger charge is 2.26. The zero-order chi connectivity index (χ0) is 29.0. The van der Waals surface area contributed by atoms with Crippen LogP contribution in [0.5, 0.6) is 0 Å². The minimum absolute atomic E-state index is 0.157. The molecule has 1 heterocycles. The molecule has 198 valence electrons. The maximum Gasteiger partial charge on any atom is 0.200 e. The van der Waals surface area contributed by atoms with E-state index in [2.05, 4.69) is 9.98 Å². The maximum atomic E-state index is 13.7. The van der Waals surface area contributed by atoms with Gasteiger partial charge in [-0.25, -0.2) is 53.9 Å². The van der Waals surface area contributed by atoms with Crippen LogP contribution in [0.25, 0.3) is 12.2 Å². The first-order valence-corrected chi connectivity index (χ1v) is 9.85. The molecule has 0 atom stereocenters. The molecule has 0 aliphatic heterocycles. The molecule has 0 N–H and O–H groups in total. The molecule has 0 unspecified atom stereocenters. The van der Waals surface area contributed by atoms with Gasteiger partial charge < -0.3 is 4.42 Å². The molecule has 0 aliphatic carbocycles. The van der Waals surface area contributed by atoms with Gasteiger partial charge in [-0.2, -0.15) is 10.5 Å². The summed E-state index contributed by atoms with van der Waals surface area (Å²) in [5.74, 6) is -23.0. The molecule has 3 aromatic rings. The Morgan fingerprint density at radius 2 is 0.821 bits per heavy atom. The number of aliphatic imine (C=N–C) groups is 2. The molecule has 39 heavy (non-hydrogen) atoms. The smallest absolute Gasteiger partial charge is 0.200 e. The third-order valence-corrected chi connectivity index (χ3v) is 4.54. The fourth-order valence-corrected chi connectivity index (χ4v) is 2.71. The summed E-state index contributed by atoms with van der Waals surface area (Å²) in [6.07, 6.45) is 2.80. The molecule has 0 spiro atoms. The monoisotopic (exact) mass is 556 g/mol. The quantitative estimate of drug-likeness (QED) is 0.105. The van der Waals surface area contributed by atoms with Gasteiger partial charge in [-0.1, -0.05) is 0 Å². The normalized spacial score (nSPS) is 12.4. The van der Waals surface area contributed by atoms with Gasteiger partial charge in [-0.15, -0.1) is 0 Å². The standard InChI is InChI=1S/C24H6F10N4O/c25-13-15(27)19(31)23(20(32)16(13)28)37-7-9(5-35)3-11-1-2-12(39-11)4-10(6-36)8-38-24-21(33)17(29)14(26)18(30)22(24)34/h1-4,7-8H/b9-3+,10-4+,37-7?,38-8?. The lowest BCUT2D eigenvalue weighted by atomic mass is 10.2. The van der Waals surface area contributed by atoms with Crippen LogP contribution in [0.4, 0.5) is 55.3 Å². The fraction of sp³-hybridized carbons (Fsp3) is 0. The van der Waals surface area contributed by atoms with E-state index in [1.54, 1.807) is 0 Å². The van der Waals surface area contributed by atoms with Gasteiger partial charge in [0.05, 0.1) is 11.1 Å². The van der Waals surface area contributed by atoms with E-state index in [-0.39, 0.29) is 11.5 Å². The molecule has 0 fully saturated rings. The highest BCUT2D eigenvalue weighted by molar-refractivity contribution is 5.92. The van der Waals surface area contributed by atoms with Crippen LogP contribution in [0.15, 0.2) is 37.7 Å². The minimum Gasteiger partial charge on any atom is -0.457 e. The third-order valence-electron chi connectivity index (χ3n) is 4.54. The second kappa shape index (κ2) is 11.5. The van der Waals surface area contributed by atoms with Crippen LogP contribution in [0.3, 0.4) is 0 Å². The van der Waals surface area contributed by atoms with Gasteiger partial charge in [-0.05, 0) is 12.1 Å². The predicted molar refractivity (Wildman–Crippen MR) is 115 cm³/mol. The van der Waals surface area contributed by atoms with Crippen molar-refractivity contribution < 1.29 is 48.3 Å². The summed E-state index contributed by atoms with van der Waals surface area (Å²) < 4.78 is 139. The number of furan rings is 1. The van der Waals surface area contributed by atoms with Gasteiger partial charge in [0, 0.05) is 24.6 Å². The van der Waals surface area contributed by atoms with Crippen molar-refractivity contribution in [3.8, 4) is 12.1 Å². The van der Waals surface area contributed by atoms with Crippen molar-refractivity contribution >= 4 is 36.0 Å². The molecule has 0 radical (unpaired) electrons. The van der Waals surface area contributed by atoms with Crippen LogP contribution in [0, 0.1) is 80.8 Å². The van der Waals surface area contributed by atoms with Crippen LogP contribution in [-0.2, 0) is 0 Å². The number of benzene rings is 2. The van der Waals surface area contributed by atoms with E-state index >= 15 is 0 Å². The zero-order valence-corrected chi connectivity index (χ0v) is 18.4. The SMILES string of the molecule is N#C/C(C=Nc1c(F)c(F)c(F)c(F)c1F)=C\c1ccc(/C=C(\C#N)C=Nc2c(F)c(F)c(F)c(F)c2F)o1. The molecule has 2 aromatic carbocycles. The van der Waals surface area contributed by atoms with Crippen molar-refractivity contribution in [3.05, 3.63) is 93.0 Å². The predicted octanol–water partition coefficient (Wildman–Crippen LogP) is 7.29. The molecular weight excluding hydrogens is 550 g/mol. The number of hydrogen-bond donors (Lipinski definition) is 0. The second-order valence-electron chi connectivity index (χ2n) is 7.02. The topological polar surface area (TPSA) is 85.4 Å². The average Bonchev–Trinajstić information content (AvgIpc) is 3.37. The van der Waals surface area contributed by atoms with Crippen LogP contribution in [0.1, 0.15) is 11.5 Å². The van der Waals surface area contributed by atoms with Crippen molar-refractivity contribution in [1.29, 1.82) is 10.5 Å². The summed E-state index contributed by atoms with van der Waals surface area (Å²) in [5, 5.41) is 18.3. The molecule has 15 heteroatoms. The van der Waals surface area contributed by atoms with Crippen LogP contribution in [0.2, 0.25) is 0 Å². The number of halogens is 10. The number of hydrogen-bond acceptors (Lipinski definition) is 5. The van der Waals surface area contributed by atoms with Gasteiger partial charge in [0.15, 0.2) is 46.5 Å². The summed E-state index contributed by atoms with van der Waals surface area (Å²) in [4.78, 5) is 6.25. The lowest BCUT2D eigenvalue weighted by Crippen LogP contribution is -2.00. The lowest BCUT2D eigenvalue weighted by Gasteiger charge is -2.03. The van der Waals surface area contributed by atoms with Crippen LogP contribution in [-0.4, -0.2) is 12.4 Å². The molecular formula is C24H6F10N4O. The Bertz CT molecular complexity index is 1510. The fourth-order valence-electron chi connectivity index (χ4n) is 2.71. The van der Waals surface area contributed by atoms with Crippen LogP contribution >= 0.6 is 0 Å².